The van der Waals surface area contributed by atoms with E-state index >= 15 is 0 Å². The Kier molecular flexibility index (Phi) is 2.95. The molecule has 1 heterocycles. The van der Waals surface area contributed by atoms with Crippen molar-refractivity contribution in [3.8, 4) is 6.07 Å². The standard InChI is InChI=1S/C9H11N3O2S/c1-12(2)9-4-8(15(3,13)14)7(5-10)6-11-9/h4,6H,1-3H3. The van der Waals surface area contributed by atoms with Crippen LogP contribution in [0.15, 0.2) is 17.2 Å². The third-order valence-corrected chi connectivity index (χ3v) is 2.97. The molecule has 0 aliphatic carbocycles. The van der Waals surface area contributed by atoms with E-state index in [0.29, 0.717) is 5.82 Å². The molecule has 0 N–H and O–H groups in total. The quantitative estimate of drug-likeness (QED) is 0.729. The summed E-state index contributed by atoms with van der Waals surface area (Å²) in [5.74, 6) is 0.509. The molecule has 0 radical (unpaired) electrons. The second-order valence-electron chi connectivity index (χ2n) is 3.32. The summed E-state index contributed by atoms with van der Waals surface area (Å²) in [6.07, 6.45) is 2.34. The lowest BCUT2D eigenvalue weighted by Gasteiger charge is -2.12. The predicted octanol–water partition coefficient (Wildman–Crippen LogP) is 0.423. The van der Waals surface area contributed by atoms with Crippen LogP contribution >= 0.6 is 0 Å². The molecule has 0 aliphatic rings. The minimum absolute atomic E-state index is 0.0173. The maximum Gasteiger partial charge on any atom is 0.177 e. The van der Waals surface area contributed by atoms with Crippen molar-refractivity contribution in [3.05, 3.63) is 17.8 Å². The van der Waals surface area contributed by atoms with Crippen molar-refractivity contribution in [2.45, 2.75) is 4.90 Å². The van der Waals surface area contributed by atoms with Gasteiger partial charge in [0.25, 0.3) is 0 Å². The Morgan fingerprint density at radius 1 is 1.47 bits per heavy atom. The number of pyridine rings is 1. The molecule has 1 rings (SSSR count). The molecule has 5 nitrogen and oxygen atoms in total. The van der Waals surface area contributed by atoms with Crippen LogP contribution in [-0.4, -0.2) is 33.8 Å². The molecule has 0 aromatic carbocycles. The number of aromatic nitrogens is 1. The topological polar surface area (TPSA) is 74.1 Å². The Labute approximate surface area is 88.9 Å². The normalized spacial score (nSPS) is 10.8. The van der Waals surface area contributed by atoms with Crippen LogP contribution in [0.1, 0.15) is 5.56 Å². The van der Waals surface area contributed by atoms with E-state index in [9.17, 15) is 8.42 Å². The SMILES string of the molecule is CN(C)c1cc(S(C)(=O)=O)c(C#N)cn1. The smallest absolute Gasteiger partial charge is 0.177 e. The minimum Gasteiger partial charge on any atom is -0.363 e. The fraction of sp³-hybridized carbons (Fsp3) is 0.333. The number of hydrogen-bond acceptors (Lipinski definition) is 5. The van der Waals surface area contributed by atoms with Gasteiger partial charge in [0, 0.05) is 32.6 Å². The molecule has 0 bridgehead atoms. The van der Waals surface area contributed by atoms with Gasteiger partial charge in [0.15, 0.2) is 9.84 Å². The fourth-order valence-electron chi connectivity index (χ4n) is 1.06. The highest BCUT2D eigenvalue weighted by atomic mass is 32.2. The lowest BCUT2D eigenvalue weighted by atomic mass is 10.3. The lowest BCUT2D eigenvalue weighted by molar-refractivity contribution is 0.601. The minimum atomic E-state index is -3.39. The Hall–Kier alpha value is -1.61. The van der Waals surface area contributed by atoms with Crippen LogP contribution in [0.4, 0.5) is 5.82 Å². The van der Waals surface area contributed by atoms with Gasteiger partial charge >= 0.3 is 0 Å². The van der Waals surface area contributed by atoms with Crippen molar-refractivity contribution in [2.24, 2.45) is 0 Å². The first kappa shape index (κ1) is 11.5. The van der Waals surface area contributed by atoms with E-state index in [2.05, 4.69) is 4.98 Å². The zero-order chi connectivity index (χ0) is 11.6. The van der Waals surface area contributed by atoms with E-state index in [1.807, 2.05) is 6.07 Å². The summed E-state index contributed by atoms with van der Waals surface area (Å²) in [6, 6.07) is 3.20. The molecule has 80 valence electrons. The maximum atomic E-state index is 11.4. The van der Waals surface area contributed by atoms with E-state index < -0.39 is 9.84 Å². The van der Waals surface area contributed by atoms with Crippen molar-refractivity contribution >= 4 is 15.7 Å². The molecular weight excluding hydrogens is 214 g/mol. The number of sulfone groups is 1. The zero-order valence-electron chi connectivity index (χ0n) is 8.72. The highest BCUT2D eigenvalue weighted by molar-refractivity contribution is 7.90. The number of nitrogens with zero attached hydrogens (tertiary/aromatic N) is 3. The van der Waals surface area contributed by atoms with Gasteiger partial charge in [0.1, 0.15) is 11.9 Å². The molecule has 0 saturated carbocycles. The van der Waals surface area contributed by atoms with Crippen LogP contribution < -0.4 is 4.90 Å². The van der Waals surface area contributed by atoms with Gasteiger partial charge in [0.2, 0.25) is 0 Å². The number of anilines is 1. The van der Waals surface area contributed by atoms with E-state index in [1.54, 1.807) is 19.0 Å². The van der Waals surface area contributed by atoms with Gasteiger partial charge in [-0.25, -0.2) is 13.4 Å². The summed E-state index contributed by atoms with van der Waals surface area (Å²) >= 11 is 0. The maximum absolute atomic E-state index is 11.4. The molecule has 1 aromatic rings. The first-order chi connectivity index (χ1) is 6.86. The summed E-state index contributed by atoms with van der Waals surface area (Å²) < 4.78 is 22.8. The summed E-state index contributed by atoms with van der Waals surface area (Å²) in [5, 5.41) is 8.74. The third-order valence-electron chi connectivity index (χ3n) is 1.83. The highest BCUT2D eigenvalue weighted by Gasteiger charge is 2.15. The molecule has 0 amide bonds. The van der Waals surface area contributed by atoms with E-state index in [0.717, 1.165) is 6.26 Å². The molecule has 0 atom stereocenters. The summed E-state index contributed by atoms with van der Waals surface area (Å²) in [6.45, 7) is 0. The van der Waals surface area contributed by atoms with Gasteiger partial charge < -0.3 is 4.90 Å². The molecule has 6 heteroatoms. The Bertz CT molecular complexity index is 515. The van der Waals surface area contributed by atoms with Gasteiger partial charge in [0.05, 0.1) is 10.5 Å². The fourth-order valence-corrected chi connectivity index (χ4v) is 1.88. The van der Waals surface area contributed by atoms with Gasteiger partial charge in [-0.15, -0.1) is 0 Å². The molecular formula is C9H11N3O2S. The highest BCUT2D eigenvalue weighted by Crippen LogP contribution is 2.18. The van der Waals surface area contributed by atoms with Crippen LogP contribution in [0.2, 0.25) is 0 Å². The second-order valence-corrected chi connectivity index (χ2v) is 5.30. The van der Waals surface area contributed by atoms with Gasteiger partial charge in [-0.3, -0.25) is 0 Å². The van der Waals surface area contributed by atoms with Gasteiger partial charge in [-0.05, 0) is 0 Å². The summed E-state index contributed by atoms with van der Waals surface area (Å²) in [7, 11) is 0.110. The van der Waals surface area contributed by atoms with E-state index in [1.165, 1.54) is 12.3 Å². The average Bonchev–Trinajstić information content (AvgIpc) is 2.15. The Balaban J connectivity index is 3.48. The largest absolute Gasteiger partial charge is 0.363 e. The Morgan fingerprint density at radius 3 is 2.47 bits per heavy atom. The molecule has 0 unspecified atom stereocenters. The lowest BCUT2D eigenvalue weighted by Crippen LogP contribution is -2.12. The molecule has 0 spiro atoms. The average molecular weight is 225 g/mol. The number of hydrogen-bond donors (Lipinski definition) is 0. The number of nitriles is 1. The van der Waals surface area contributed by atoms with Crippen molar-refractivity contribution in [1.29, 1.82) is 5.26 Å². The van der Waals surface area contributed by atoms with Crippen molar-refractivity contribution < 1.29 is 8.42 Å². The van der Waals surface area contributed by atoms with Gasteiger partial charge in [-0.2, -0.15) is 5.26 Å². The monoisotopic (exact) mass is 225 g/mol. The molecule has 0 aliphatic heterocycles. The van der Waals surface area contributed by atoms with Crippen molar-refractivity contribution in [1.82, 2.24) is 4.98 Å². The molecule has 0 fully saturated rings. The Morgan fingerprint density at radius 2 is 2.07 bits per heavy atom. The van der Waals surface area contributed by atoms with E-state index in [4.69, 9.17) is 5.26 Å². The van der Waals surface area contributed by atoms with Crippen LogP contribution in [0.3, 0.4) is 0 Å². The first-order valence-corrected chi connectivity index (χ1v) is 6.03. The van der Waals surface area contributed by atoms with Crippen molar-refractivity contribution in [2.75, 3.05) is 25.3 Å². The molecule has 0 saturated heterocycles. The summed E-state index contributed by atoms with van der Waals surface area (Å²) in [4.78, 5) is 5.66. The third kappa shape index (κ3) is 2.44. The van der Waals surface area contributed by atoms with Gasteiger partial charge in [-0.1, -0.05) is 0 Å². The van der Waals surface area contributed by atoms with Crippen LogP contribution in [-0.2, 0) is 9.84 Å². The van der Waals surface area contributed by atoms with E-state index in [-0.39, 0.29) is 10.5 Å². The second kappa shape index (κ2) is 3.87. The van der Waals surface area contributed by atoms with Crippen LogP contribution in [0.25, 0.3) is 0 Å². The molecule has 1 aromatic heterocycles. The van der Waals surface area contributed by atoms with Crippen molar-refractivity contribution in [3.63, 3.8) is 0 Å². The van der Waals surface area contributed by atoms with Crippen LogP contribution in [0, 0.1) is 11.3 Å². The number of rotatable bonds is 2. The first-order valence-electron chi connectivity index (χ1n) is 4.14. The summed E-state index contributed by atoms with van der Waals surface area (Å²) in [5.41, 5.74) is 0.0723. The van der Waals surface area contributed by atoms with Crippen LogP contribution in [0.5, 0.6) is 0 Å². The predicted molar refractivity (Wildman–Crippen MR) is 56.4 cm³/mol. The molecule has 15 heavy (non-hydrogen) atoms. The zero-order valence-corrected chi connectivity index (χ0v) is 9.54.